The Labute approximate surface area is 179 Å². The van der Waals surface area contributed by atoms with E-state index in [-0.39, 0.29) is 0 Å². The minimum absolute atomic E-state index is 0.334. The number of nitrogens with zero attached hydrogens (tertiary/aromatic N) is 1. The third-order valence-electron chi connectivity index (χ3n) is 5.64. The molecule has 1 atom stereocenters. The highest BCUT2D eigenvalue weighted by molar-refractivity contribution is 7.54. The van der Waals surface area contributed by atoms with Crippen molar-refractivity contribution in [1.82, 2.24) is 0 Å². The molecule has 0 saturated heterocycles. The van der Waals surface area contributed by atoms with Crippen molar-refractivity contribution in [2.24, 2.45) is 0 Å². The summed E-state index contributed by atoms with van der Waals surface area (Å²) in [6.45, 7) is 4.40. The molecular weight excluding hydrogens is 393 g/mol. The van der Waals surface area contributed by atoms with Crippen molar-refractivity contribution in [3.63, 3.8) is 0 Å². The van der Waals surface area contributed by atoms with E-state index in [0.717, 1.165) is 35.4 Å². The first-order chi connectivity index (χ1) is 14.7. The fraction of sp³-hybridized carbons (Fsp3) is 0.360. The van der Waals surface area contributed by atoms with Crippen LogP contribution < -0.4 is 4.90 Å². The van der Waals surface area contributed by atoms with Crippen LogP contribution in [0.2, 0.25) is 0 Å². The summed E-state index contributed by atoms with van der Waals surface area (Å²) in [5.41, 5.74) is 5.46. The monoisotopic (exact) mass is 423 g/mol. The minimum Gasteiger partial charge on any atom is -0.322 e. The van der Waals surface area contributed by atoms with E-state index in [4.69, 9.17) is 9.05 Å². The molecule has 4 nitrogen and oxygen atoms in total. The van der Waals surface area contributed by atoms with Crippen LogP contribution in [-0.2, 0) is 13.6 Å². The molecule has 0 radical (unpaired) electrons. The molecule has 0 bridgehead atoms. The predicted octanol–water partition coefficient (Wildman–Crippen LogP) is 7.31. The SMILES string of the molecule is CCOP(=O)(OCC)C1c2ccccc2C=C(C2=CCCCC2)N1c1ccccc1. The first kappa shape index (κ1) is 21.1. The number of anilines is 1. The number of hydrogen-bond donors (Lipinski definition) is 0. The maximum atomic E-state index is 14.2. The molecular formula is C25H30NO3P. The summed E-state index contributed by atoms with van der Waals surface area (Å²) in [6.07, 6.45) is 9.07. The molecule has 0 spiro atoms. The Morgan fingerprint density at radius 2 is 1.67 bits per heavy atom. The van der Waals surface area contributed by atoms with E-state index in [2.05, 4.69) is 35.3 Å². The second kappa shape index (κ2) is 9.34. The lowest BCUT2D eigenvalue weighted by Gasteiger charge is -2.42. The molecule has 5 heteroatoms. The van der Waals surface area contributed by atoms with Gasteiger partial charge in [-0.05, 0) is 74.4 Å². The molecule has 2 aliphatic rings. The van der Waals surface area contributed by atoms with Gasteiger partial charge in [0.25, 0.3) is 0 Å². The molecule has 0 amide bonds. The van der Waals surface area contributed by atoms with Crippen LogP contribution in [0.4, 0.5) is 5.69 Å². The molecule has 0 N–H and O–H groups in total. The number of allylic oxidation sites excluding steroid dienone is 2. The summed E-state index contributed by atoms with van der Waals surface area (Å²) in [5.74, 6) is -0.529. The molecule has 1 aliphatic heterocycles. The third-order valence-corrected chi connectivity index (χ3v) is 7.99. The molecule has 0 saturated carbocycles. The Balaban J connectivity index is 1.96. The zero-order chi connectivity index (χ0) is 21.0. The lowest BCUT2D eigenvalue weighted by Crippen LogP contribution is -2.33. The van der Waals surface area contributed by atoms with Crippen molar-refractivity contribution in [1.29, 1.82) is 0 Å². The van der Waals surface area contributed by atoms with E-state index < -0.39 is 13.4 Å². The maximum absolute atomic E-state index is 14.2. The number of benzene rings is 2. The molecule has 0 aromatic heterocycles. The standard InChI is InChI=1S/C25H30NO3P/c1-3-28-30(27,29-4-2)25-23-18-12-11-15-21(23)19-24(20-13-7-5-8-14-20)26(25)22-16-9-6-10-17-22/h6,9-13,15-19,25H,3-5,7-8,14H2,1-2H3. The van der Waals surface area contributed by atoms with Crippen LogP contribution >= 0.6 is 7.60 Å². The minimum atomic E-state index is -3.48. The molecule has 158 valence electrons. The topological polar surface area (TPSA) is 38.8 Å². The molecule has 1 aliphatic carbocycles. The average Bonchev–Trinajstić information content (AvgIpc) is 2.79. The maximum Gasteiger partial charge on any atom is 0.357 e. The first-order valence-electron chi connectivity index (χ1n) is 10.9. The molecule has 2 aromatic carbocycles. The Morgan fingerprint density at radius 1 is 0.967 bits per heavy atom. The zero-order valence-electron chi connectivity index (χ0n) is 17.8. The Morgan fingerprint density at radius 3 is 2.33 bits per heavy atom. The van der Waals surface area contributed by atoms with E-state index >= 15 is 0 Å². The molecule has 4 rings (SSSR count). The highest BCUT2D eigenvalue weighted by atomic mass is 31.2. The number of para-hydroxylation sites is 1. The van der Waals surface area contributed by atoms with Gasteiger partial charge in [-0.1, -0.05) is 48.5 Å². The van der Waals surface area contributed by atoms with Crippen molar-refractivity contribution in [2.75, 3.05) is 18.1 Å². The second-order valence-corrected chi connectivity index (χ2v) is 9.67. The van der Waals surface area contributed by atoms with Crippen LogP contribution in [0.3, 0.4) is 0 Å². The second-order valence-electron chi connectivity index (χ2n) is 7.59. The smallest absolute Gasteiger partial charge is 0.322 e. The fourth-order valence-electron chi connectivity index (χ4n) is 4.40. The van der Waals surface area contributed by atoms with Crippen LogP contribution in [0.15, 0.2) is 71.9 Å². The predicted molar refractivity (Wildman–Crippen MR) is 123 cm³/mol. The number of fused-ring (bicyclic) bond motifs is 1. The highest BCUT2D eigenvalue weighted by Crippen LogP contribution is 2.65. The fourth-order valence-corrected chi connectivity index (χ4v) is 6.60. The Kier molecular flexibility index (Phi) is 6.58. The van der Waals surface area contributed by atoms with Gasteiger partial charge in [-0.2, -0.15) is 0 Å². The Bertz CT molecular complexity index is 973. The van der Waals surface area contributed by atoms with Crippen LogP contribution in [0.25, 0.3) is 6.08 Å². The van der Waals surface area contributed by atoms with Crippen molar-refractivity contribution in [3.8, 4) is 0 Å². The lowest BCUT2D eigenvalue weighted by molar-refractivity contribution is 0.211. The van der Waals surface area contributed by atoms with E-state index in [1.54, 1.807) is 0 Å². The van der Waals surface area contributed by atoms with Crippen LogP contribution in [0.1, 0.15) is 56.4 Å². The first-order valence-corrected chi connectivity index (χ1v) is 12.5. The Hall–Kier alpha value is -2.13. The van der Waals surface area contributed by atoms with Gasteiger partial charge in [-0.25, -0.2) is 0 Å². The molecule has 30 heavy (non-hydrogen) atoms. The van der Waals surface area contributed by atoms with Crippen LogP contribution in [-0.4, -0.2) is 13.2 Å². The summed E-state index contributed by atoms with van der Waals surface area (Å²) in [7, 11) is -3.48. The van der Waals surface area contributed by atoms with Gasteiger partial charge in [-0.15, -0.1) is 0 Å². The quantitative estimate of drug-likeness (QED) is 0.438. The van der Waals surface area contributed by atoms with Crippen LogP contribution in [0, 0.1) is 0 Å². The van der Waals surface area contributed by atoms with Crippen molar-refractivity contribution in [2.45, 2.75) is 45.3 Å². The van der Waals surface area contributed by atoms with Gasteiger partial charge in [0, 0.05) is 11.4 Å². The summed E-state index contributed by atoms with van der Waals surface area (Å²) in [5, 5.41) is 0. The van der Waals surface area contributed by atoms with E-state index in [9.17, 15) is 4.57 Å². The molecule has 0 fully saturated rings. The van der Waals surface area contributed by atoms with Crippen molar-refractivity contribution in [3.05, 3.63) is 83.1 Å². The van der Waals surface area contributed by atoms with Crippen molar-refractivity contribution < 1.29 is 13.6 Å². The molecule has 2 aromatic rings. The largest absolute Gasteiger partial charge is 0.357 e. The van der Waals surface area contributed by atoms with Gasteiger partial charge in [0.1, 0.15) is 0 Å². The van der Waals surface area contributed by atoms with Gasteiger partial charge in [-0.3, -0.25) is 4.57 Å². The summed E-state index contributed by atoms with van der Waals surface area (Å²) < 4.78 is 26.0. The number of hydrogen-bond acceptors (Lipinski definition) is 4. The van der Waals surface area contributed by atoms with Gasteiger partial charge in [0.05, 0.1) is 13.2 Å². The summed E-state index contributed by atoms with van der Waals surface area (Å²) in [6, 6.07) is 18.3. The normalized spacial score (nSPS) is 19.1. The van der Waals surface area contributed by atoms with Gasteiger partial charge >= 0.3 is 7.60 Å². The van der Waals surface area contributed by atoms with E-state index in [1.807, 2.05) is 50.2 Å². The van der Waals surface area contributed by atoms with Gasteiger partial charge < -0.3 is 13.9 Å². The lowest BCUT2D eigenvalue weighted by atomic mass is 9.91. The van der Waals surface area contributed by atoms with Crippen LogP contribution in [0.5, 0.6) is 0 Å². The van der Waals surface area contributed by atoms with E-state index in [0.29, 0.717) is 13.2 Å². The zero-order valence-corrected chi connectivity index (χ0v) is 18.7. The summed E-state index contributed by atoms with van der Waals surface area (Å²) in [4.78, 5) is 2.19. The van der Waals surface area contributed by atoms with E-state index in [1.165, 1.54) is 18.4 Å². The highest BCUT2D eigenvalue weighted by Gasteiger charge is 2.45. The average molecular weight is 423 g/mol. The molecule has 1 unspecified atom stereocenters. The molecule has 1 heterocycles. The van der Waals surface area contributed by atoms with Gasteiger partial charge in [0.15, 0.2) is 5.78 Å². The summed E-state index contributed by atoms with van der Waals surface area (Å²) >= 11 is 0. The van der Waals surface area contributed by atoms with Gasteiger partial charge in [0.2, 0.25) is 0 Å². The number of rotatable bonds is 7. The third kappa shape index (κ3) is 4.05. The van der Waals surface area contributed by atoms with Crippen molar-refractivity contribution >= 4 is 19.4 Å².